The highest BCUT2D eigenvalue weighted by molar-refractivity contribution is 6.42. The van der Waals surface area contributed by atoms with Crippen molar-refractivity contribution in [3.63, 3.8) is 0 Å². The highest BCUT2D eigenvalue weighted by Crippen LogP contribution is 2.34. The summed E-state index contributed by atoms with van der Waals surface area (Å²) >= 11 is 12.4. The number of nitrogens with one attached hydrogen (secondary N) is 1. The Balaban J connectivity index is 2.79. The zero-order chi connectivity index (χ0) is 14.3. The minimum absolute atomic E-state index is 0.285. The van der Waals surface area contributed by atoms with Crippen molar-refractivity contribution in [1.29, 1.82) is 0 Å². The average molecular weight is 302 g/mol. The van der Waals surface area contributed by atoms with Crippen molar-refractivity contribution in [3.8, 4) is 0 Å². The molecular weight excluding hydrogens is 277 g/mol. The molecule has 0 bridgehead atoms. The summed E-state index contributed by atoms with van der Waals surface area (Å²) in [5.74, 6) is 0.743. The smallest absolute Gasteiger partial charge is 0.0640 e. The van der Waals surface area contributed by atoms with E-state index in [4.69, 9.17) is 23.2 Å². The Labute approximate surface area is 127 Å². The van der Waals surface area contributed by atoms with Crippen molar-refractivity contribution in [2.75, 3.05) is 7.05 Å². The molecule has 0 aliphatic rings. The van der Waals surface area contributed by atoms with Crippen molar-refractivity contribution in [2.45, 2.75) is 52.0 Å². The molecule has 1 N–H and O–H groups in total. The van der Waals surface area contributed by atoms with Gasteiger partial charge in [0.25, 0.3) is 0 Å². The maximum Gasteiger partial charge on any atom is 0.0640 e. The predicted octanol–water partition coefficient (Wildman–Crippen LogP) is 5.86. The van der Waals surface area contributed by atoms with E-state index in [-0.39, 0.29) is 6.04 Å². The lowest BCUT2D eigenvalue weighted by atomic mass is 9.89. The van der Waals surface area contributed by atoms with E-state index < -0.39 is 0 Å². The van der Waals surface area contributed by atoms with Crippen molar-refractivity contribution in [2.24, 2.45) is 5.92 Å². The van der Waals surface area contributed by atoms with Crippen LogP contribution in [0.4, 0.5) is 0 Å². The monoisotopic (exact) mass is 301 g/mol. The summed E-state index contributed by atoms with van der Waals surface area (Å²) in [5, 5.41) is 4.71. The quantitative estimate of drug-likeness (QED) is 0.634. The van der Waals surface area contributed by atoms with E-state index in [2.05, 4.69) is 25.2 Å². The van der Waals surface area contributed by atoms with Crippen LogP contribution in [-0.4, -0.2) is 7.05 Å². The van der Waals surface area contributed by atoms with E-state index in [0.29, 0.717) is 10.0 Å². The van der Waals surface area contributed by atoms with Crippen LogP contribution >= 0.6 is 23.2 Å². The van der Waals surface area contributed by atoms with Crippen LogP contribution in [0.25, 0.3) is 0 Å². The standard InChI is InChI=1S/C16H25Cl2N/c1-4-6-8-12(5-2)11-15(19-3)13-9-7-10-14(17)16(13)18/h7,9-10,12,15,19H,4-6,8,11H2,1-3H3. The topological polar surface area (TPSA) is 12.0 Å². The maximum absolute atomic E-state index is 6.33. The normalized spacial score (nSPS) is 14.4. The molecule has 3 heteroatoms. The molecule has 1 rings (SSSR count). The Bertz CT molecular complexity index is 379. The molecule has 0 saturated heterocycles. The molecule has 0 saturated carbocycles. The number of hydrogen-bond acceptors (Lipinski definition) is 1. The summed E-state index contributed by atoms with van der Waals surface area (Å²) in [5.41, 5.74) is 1.12. The van der Waals surface area contributed by atoms with Gasteiger partial charge in [-0.1, -0.05) is 74.9 Å². The van der Waals surface area contributed by atoms with Crippen LogP contribution in [0.5, 0.6) is 0 Å². The van der Waals surface area contributed by atoms with Crippen LogP contribution in [-0.2, 0) is 0 Å². The third-order valence-corrected chi connectivity index (χ3v) is 4.65. The zero-order valence-corrected chi connectivity index (χ0v) is 13.7. The van der Waals surface area contributed by atoms with E-state index in [0.717, 1.165) is 17.9 Å². The Kier molecular flexibility index (Phi) is 7.82. The Morgan fingerprint density at radius 2 is 1.95 bits per heavy atom. The molecule has 0 radical (unpaired) electrons. The lowest BCUT2D eigenvalue weighted by Gasteiger charge is -2.24. The predicted molar refractivity (Wildman–Crippen MR) is 86.2 cm³/mol. The fourth-order valence-electron chi connectivity index (χ4n) is 2.50. The van der Waals surface area contributed by atoms with E-state index >= 15 is 0 Å². The van der Waals surface area contributed by atoms with E-state index in [9.17, 15) is 0 Å². The molecule has 0 amide bonds. The van der Waals surface area contributed by atoms with Crippen LogP contribution in [0.15, 0.2) is 18.2 Å². The number of unbranched alkanes of at least 4 members (excludes halogenated alkanes) is 1. The van der Waals surface area contributed by atoms with Crippen LogP contribution in [0, 0.1) is 5.92 Å². The van der Waals surface area contributed by atoms with Gasteiger partial charge in [-0.05, 0) is 31.0 Å². The summed E-state index contributed by atoms with van der Waals surface area (Å²) in [6.07, 6.45) is 6.20. The molecule has 0 fully saturated rings. The van der Waals surface area contributed by atoms with Gasteiger partial charge in [0.15, 0.2) is 0 Å². The van der Waals surface area contributed by atoms with Crippen molar-refractivity contribution in [1.82, 2.24) is 5.32 Å². The Morgan fingerprint density at radius 3 is 2.53 bits per heavy atom. The van der Waals surface area contributed by atoms with Gasteiger partial charge in [0, 0.05) is 6.04 Å². The summed E-state index contributed by atoms with van der Waals surface area (Å²) < 4.78 is 0. The molecule has 0 spiro atoms. The highest BCUT2D eigenvalue weighted by Gasteiger charge is 2.18. The van der Waals surface area contributed by atoms with Gasteiger partial charge in [0.05, 0.1) is 10.0 Å². The molecule has 1 nitrogen and oxygen atoms in total. The number of hydrogen-bond donors (Lipinski definition) is 1. The fraction of sp³-hybridized carbons (Fsp3) is 0.625. The molecule has 1 aromatic rings. The van der Waals surface area contributed by atoms with Gasteiger partial charge in [-0.2, -0.15) is 0 Å². The number of rotatable bonds is 8. The van der Waals surface area contributed by atoms with E-state index in [1.807, 2.05) is 19.2 Å². The third kappa shape index (κ3) is 4.98. The largest absolute Gasteiger partial charge is 0.313 e. The molecule has 0 aliphatic carbocycles. The lowest BCUT2D eigenvalue weighted by molar-refractivity contribution is 0.365. The molecule has 0 heterocycles. The summed E-state index contributed by atoms with van der Waals surface area (Å²) in [4.78, 5) is 0. The first-order chi connectivity index (χ1) is 9.13. The summed E-state index contributed by atoms with van der Waals surface area (Å²) in [6, 6.07) is 6.17. The second kappa shape index (κ2) is 8.84. The molecule has 19 heavy (non-hydrogen) atoms. The first-order valence-corrected chi connectivity index (χ1v) is 8.00. The molecule has 2 atom stereocenters. The van der Waals surface area contributed by atoms with Gasteiger partial charge in [0.2, 0.25) is 0 Å². The van der Waals surface area contributed by atoms with Gasteiger partial charge in [-0.25, -0.2) is 0 Å². The van der Waals surface area contributed by atoms with Crippen molar-refractivity contribution >= 4 is 23.2 Å². The molecule has 0 aliphatic heterocycles. The van der Waals surface area contributed by atoms with Crippen molar-refractivity contribution < 1.29 is 0 Å². The molecule has 108 valence electrons. The Morgan fingerprint density at radius 1 is 1.21 bits per heavy atom. The lowest BCUT2D eigenvalue weighted by Crippen LogP contribution is -2.20. The summed E-state index contributed by atoms with van der Waals surface area (Å²) in [6.45, 7) is 4.52. The van der Waals surface area contributed by atoms with Crippen LogP contribution in [0.2, 0.25) is 10.0 Å². The third-order valence-electron chi connectivity index (χ3n) is 3.82. The Hall–Kier alpha value is -0.240. The molecule has 1 aromatic carbocycles. The fourth-order valence-corrected chi connectivity index (χ4v) is 2.94. The van der Waals surface area contributed by atoms with Gasteiger partial charge in [-0.3, -0.25) is 0 Å². The average Bonchev–Trinajstić information content (AvgIpc) is 2.43. The van der Waals surface area contributed by atoms with E-state index in [1.54, 1.807) is 0 Å². The van der Waals surface area contributed by atoms with Crippen LogP contribution in [0.1, 0.15) is 57.6 Å². The second-order valence-electron chi connectivity index (χ2n) is 5.14. The SMILES string of the molecule is CCCCC(CC)CC(NC)c1cccc(Cl)c1Cl. The van der Waals surface area contributed by atoms with Gasteiger partial charge < -0.3 is 5.32 Å². The van der Waals surface area contributed by atoms with Gasteiger partial charge >= 0.3 is 0 Å². The maximum atomic E-state index is 6.33. The number of halogens is 2. The minimum Gasteiger partial charge on any atom is -0.313 e. The first-order valence-electron chi connectivity index (χ1n) is 7.25. The number of benzene rings is 1. The highest BCUT2D eigenvalue weighted by atomic mass is 35.5. The summed E-state index contributed by atoms with van der Waals surface area (Å²) in [7, 11) is 1.99. The second-order valence-corrected chi connectivity index (χ2v) is 5.92. The molecule has 2 unspecified atom stereocenters. The molecular formula is C16H25Cl2N. The zero-order valence-electron chi connectivity index (χ0n) is 12.2. The van der Waals surface area contributed by atoms with Crippen LogP contribution in [0.3, 0.4) is 0 Å². The molecule has 0 aromatic heterocycles. The van der Waals surface area contributed by atoms with Crippen molar-refractivity contribution in [3.05, 3.63) is 33.8 Å². The van der Waals surface area contributed by atoms with Crippen LogP contribution < -0.4 is 5.32 Å². The van der Waals surface area contributed by atoms with Gasteiger partial charge in [0.1, 0.15) is 0 Å². The first kappa shape index (κ1) is 16.8. The minimum atomic E-state index is 0.285. The van der Waals surface area contributed by atoms with E-state index in [1.165, 1.54) is 25.7 Å². The van der Waals surface area contributed by atoms with Gasteiger partial charge in [-0.15, -0.1) is 0 Å².